The summed E-state index contributed by atoms with van der Waals surface area (Å²) in [6.07, 6.45) is 1.57. The number of likely N-dealkylation sites (N-methyl/N-ethyl adjacent to an activating group) is 1. The van der Waals surface area contributed by atoms with Gasteiger partial charge in [-0.3, -0.25) is 5.41 Å². The molecule has 0 amide bonds. The fraction of sp³-hybridized carbons (Fsp3) is 0.238. The highest BCUT2D eigenvalue weighted by Crippen LogP contribution is 2.27. The normalized spacial score (nSPS) is 11.2. The van der Waals surface area contributed by atoms with E-state index < -0.39 is 5.97 Å². The zero-order valence-electron chi connectivity index (χ0n) is 16.1. The predicted octanol–water partition coefficient (Wildman–Crippen LogP) is 2.47. The van der Waals surface area contributed by atoms with E-state index in [2.05, 4.69) is 4.90 Å². The van der Waals surface area contributed by atoms with Gasteiger partial charge < -0.3 is 26.2 Å². The second kappa shape index (κ2) is 9.57. The van der Waals surface area contributed by atoms with E-state index in [0.29, 0.717) is 35.5 Å². The summed E-state index contributed by atoms with van der Waals surface area (Å²) in [6, 6.07) is 11.6. The molecule has 0 radical (unpaired) electrons. The van der Waals surface area contributed by atoms with Crippen LogP contribution in [0, 0.1) is 5.41 Å². The van der Waals surface area contributed by atoms with Gasteiger partial charge in [0.25, 0.3) is 0 Å². The Kier molecular flexibility index (Phi) is 7.17. The molecule has 0 bridgehead atoms. The predicted molar refractivity (Wildman–Crippen MR) is 112 cm³/mol. The van der Waals surface area contributed by atoms with Gasteiger partial charge in [0.1, 0.15) is 17.3 Å². The number of aromatic hydroxyl groups is 1. The number of hydrogen-bond acceptors (Lipinski definition) is 6. The molecule has 0 fully saturated rings. The fourth-order valence-corrected chi connectivity index (χ4v) is 2.66. The number of nitrogens with one attached hydrogen (secondary N) is 1. The molecule has 0 heterocycles. The number of rotatable bonds is 8. The Hall–Kier alpha value is -3.32. The van der Waals surface area contributed by atoms with Crippen molar-refractivity contribution in [1.29, 1.82) is 5.41 Å². The topological polar surface area (TPSA) is 126 Å². The van der Waals surface area contributed by atoms with Gasteiger partial charge in [-0.1, -0.05) is 0 Å². The van der Waals surface area contributed by atoms with E-state index in [0.717, 1.165) is 12.2 Å². The van der Waals surface area contributed by atoms with Crippen molar-refractivity contribution in [2.45, 2.75) is 13.8 Å². The summed E-state index contributed by atoms with van der Waals surface area (Å²) in [5.74, 6) is -0.160. The van der Waals surface area contributed by atoms with E-state index in [1.807, 2.05) is 13.0 Å². The number of carbonyl (C=O) groups is 1. The lowest BCUT2D eigenvalue weighted by molar-refractivity contribution is -0.130. The number of nitrogen functional groups attached to an aromatic ring is 1. The molecule has 2 rings (SSSR count). The summed E-state index contributed by atoms with van der Waals surface area (Å²) in [4.78, 5) is 14.3. The highest BCUT2D eigenvalue weighted by atomic mass is 16.5. The number of hydrogen-bond donors (Lipinski definition) is 4. The van der Waals surface area contributed by atoms with Gasteiger partial charge in [0.05, 0.1) is 0 Å². The van der Waals surface area contributed by atoms with Crippen LogP contribution in [-0.4, -0.2) is 36.5 Å². The molecule has 0 aliphatic heterocycles. The van der Waals surface area contributed by atoms with Gasteiger partial charge in [-0.25, -0.2) is 4.79 Å². The quantitative estimate of drug-likeness (QED) is 0.183. The number of carbonyl (C=O) groups excluding carboxylic acids is 1. The van der Waals surface area contributed by atoms with E-state index in [1.54, 1.807) is 49.4 Å². The zero-order chi connectivity index (χ0) is 20.7. The Balaban J connectivity index is 2.13. The lowest BCUT2D eigenvalue weighted by Crippen LogP contribution is -2.28. The van der Waals surface area contributed by atoms with Gasteiger partial charge in [0.15, 0.2) is 0 Å². The molecule has 6 N–H and O–H groups in total. The maximum absolute atomic E-state index is 12.3. The maximum Gasteiger partial charge on any atom is 0.339 e. The number of phenols is 1. The van der Waals surface area contributed by atoms with Gasteiger partial charge in [-0.15, -0.1) is 0 Å². The van der Waals surface area contributed by atoms with Gasteiger partial charge in [-0.05, 0) is 56.3 Å². The first-order chi connectivity index (χ1) is 13.3. The first kappa shape index (κ1) is 21.0. The molecule has 28 heavy (non-hydrogen) atoms. The van der Waals surface area contributed by atoms with E-state index >= 15 is 0 Å². The summed E-state index contributed by atoms with van der Waals surface area (Å²) < 4.78 is 5.31. The molecule has 7 heteroatoms. The van der Waals surface area contributed by atoms with Crippen molar-refractivity contribution < 1.29 is 14.6 Å². The highest BCUT2D eigenvalue weighted by molar-refractivity contribution is 5.96. The van der Waals surface area contributed by atoms with Crippen LogP contribution in [0.1, 0.15) is 25.0 Å². The van der Waals surface area contributed by atoms with Crippen molar-refractivity contribution in [2.24, 2.45) is 11.5 Å². The maximum atomic E-state index is 12.3. The van der Waals surface area contributed by atoms with Gasteiger partial charge in [0, 0.05) is 48.1 Å². The minimum absolute atomic E-state index is 0.0547. The average molecular weight is 382 g/mol. The Morgan fingerprint density at radius 2 is 1.93 bits per heavy atom. The summed E-state index contributed by atoms with van der Waals surface area (Å²) in [5, 5.41) is 17.7. The smallest absolute Gasteiger partial charge is 0.339 e. The van der Waals surface area contributed by atoms with Crippen LogP contribution in [0.3, 0.4) is 0 Å². The molecular weight excluding hydrogens is 356 g/mol. The minimum Gasteiger partial charge on any atom is -0.507 e. The first-order valence-electron chi connectivity index (χ1n) is 8.98. The van der Waals surface area contributed by atoms with Crippen molar-refractivity contribution in [1.82, 2.24) is 0 Å². The van der Waals surface area contributed by atoms with Gasteiger partial charge in [0.2, 0.25) is 0 Å². The van der Waals surface area contributed by atoms with E-state index in [-0.39, 0.29) is 11.6 Å². The lowest BCUT2D eigenvalue weighted by Gasteiger charge is -2.22. The standard InChI is InChI=1S/C21H26N4O3/c1-3-25(11-10-22)17-7-4-16(19(26)13-17)12-14(2)21(27)28-18-8-5-15(6-9-18)20(23)24/h4-9,12-13,26H,3,10-11,22H2,1-2H3,(H3,23,24)/b14-12+. The van der Waals surface area contributed by atoms with E-state index in [1.165, 1.54) is 0 Å². The summed E-state index contributed by atoms with van der Waals surface area (Å²) in [5.41, 5.74) is 13.3. The van der Waals surface area contributed by atoms with Gasteiger partial charge in [-0.2, -0.15) is 0 Å². The molecule has 7 nitrogen and oxygen atoms in total. The molecule has 148 valence electrons. The first-order valence-corrected chi connectivity index (χ1v) is 8.98. The molecule has 0 aliphatic rings. The second-order valence-corrected chi connectivity index (χ2v) is 6.27. The largest absolute Gasteiger partial charge is 0.507 e. The van der Waals surface area contributed by atoms with Crippen LogP contribution in [0.15, 0.2) is 48.0 Å². The molecule has 2 aromatic carbocycles. The SMILES string of the molecule is CCN(CCN)c1ccc(/C=C(\C)C(=O)Oc2ccc(C(=N)N)cc2)c(O)c1. The summed E-state index contributed by atoms with van der Waals surface area (Å²) >= 11 is 0. The molecule has 0 aliphatic carbocycles. The lowest BCUT2D eigenvalue weighted by atomic mass is 10.1. The van der Waals surface area contributed by atoms with Crippen molar-refractivity contribution in [3.05, 3.63) is 59.2 Å². The Bertz CT molecular complexity index is 876. The molecule has 0 saturated heterocycles. The van der Waals surface area contributed by atoms with Crippen LogP contribution < -0.4 is 21.1 Å². The van der Waals surface area contributed by atoms with Crippen molar-refractivity contribution in [3.8, 4) is 11.5 Å². The molecule has 0 atom stereocenters. The third-order valence-electron chi connectivity index (χ3n) is 4.23. The van der Waals surface area contributed by atoms with Crippen LogP contribution in [-0.2, 0) is 4.79 Å². The fourth-order valence-electron chi connectivity index (χ4n) is 2.66. The Morgan fingerprint density at radius 3 is 2.46 bits per heavy atom. The third kappa shape index (κ3) is 5.34. The van der Waals surface area contributed by atoms with Crippen LogP contribution in [0.4, 0.5) is 5.69 Å². The number of benzene rings is 2. The average Bonchev–Trinajstić information content (AvgIpc) is 2.68. The number of nitrogens with zero attached hydrogens (tertiary/aromatic N) is 1. The third-order valence-corrected chi connectivity index (χ3v) is 4.23. The Morgan fingerprint density at radius 1 is 1.25 bits per heavy atom. The Labute approximate surface area is 164 Å². The van der Waals surface area contributed by atoms with Crippen molar-refractivity contribution >= 4 is 23.6 Å². The van der Waals surface area contributed by atoms with Crippen LogP contribution in [0.25, 0.3) is 6.08 Å². The number of esters is 1. The number of phenolic OH excluding ortho intramolecular Hbond substituents is 1. The molecule has 0 spiro atoms. The monoisotopic (exact) mass is 382 g/mol. The number of ether oxygens (including phenoxy) is 1. The molecule has 0 aromatic heterocycles. The van der Waals surface area contributed by atoms with Crippen LogP contribution in [0.5, 0.6) is 11.5 Å². The second-order valence-electron chi connectivity index (χ2n) is 6.27. The minimum atomic E-state index is -0.530. The molecule has 0 unspecified atom stereocenters. The van der Waals surface area contributed by atoms with Crippen LogP contribution in [0.2, 0.25) is 0 Å². The zero-order valence-corrected chi connectivity index (χ0v) is 16.1. The molecule has 2 aromatic rings. The van der Waals surface area contributed by atoms with Crippen molar-refractivity contribution in [2.75, 3.05) is 24.5 Å². The van der Waals surface area contributed by atoms with Crippen LogP contribution >= 0.6 is 0 Å². The number of anilines is 1. The number of amidine groups is 1. The summed E-state index contributed by atoms with van der Waals surface area (Å²) in [7, 11) is 0. The molecular formula is C21H26N4O3. The highest BCUT2D eigenvalue weighted by Gasteiger charge is 2.11. The van der Waals surface area contributed by atoms with E-state index in [9.17, 15) is 9.90 Å². The van der Waals surface area contributed by atoms with Gasteiger partial charge >= 0.3 is 5.97 Å². The molecule has 0 saturated carbocycles. The van der Waals surface area contributed by atoms with Crippen molar-refractivity contribution in [3.63, 3.8) is 0 Å². The summed E-state index contributed by atoms with van der Waals surface area (Å²) in [6.45, 7) is 5.63. The van der Waals surface area contributed by atoms with E-state index in [4.69, 9.17) is 21.6 Å². The number of nitrogens with two attached hydrogens (primary N) is 2.